The predicted octanol–water partition coefficient (Wildman–Crippen LogP) is 2.63. The Morgan fingerprint density at radius 2 is 1.85 bits per heavy atom. The Balaban J connectivity index is 1.51. The molecule has 3 rings (SSSR count). The minimum Gasteiger partial charge on any atom is -0.427 e. The Labute approximate surface area is 149 Å². The van der Waals surface area contributed by atoms with Gasteiger partial charge in [-0.2, -0.15) is 4.98 Å². The molecule has 3 aromatic rings. The summed E-state index contributed by atoms with van der Waals surface area (Å²) in [6.07, 6.45) is 3.66. The number of amides is 1. The van der Waals surface area contributed by atoms with Crippen LogP contribution in [-0.4, -0.2) is 27.0 Å². The van der Waals surface area contributed by atoms with Crippen LogP contribution in [0, 0.1) is 0 Å². The molecule has 0 saturated carbocycles. The van der Waals surface area contributed by atoms with Crippen molar-refractivity contribution in [2.24, 2.45) is 0 Å². The summed E-state index contributed by atoms with van der Waals surface area (Å²) in [5.74, 6) is 0.618. The first kappa shape index (κ1) is 17.3. The molecular formula is C18H16N4O4. The molecule has 0 aliphatic carbocycles. The Morgan fingerprint density at radius 3 is 2.54 bits per heavy atom. The summed E-state index contributed by atoms with van der Waals surface area (Å²) in [7, 11) is 0. The van der Waals surface area contributed by atoms with E-state index >= 15 is 0 Å². The molecule has 1 amide bonds. The molecule has 8 nitrogen and oxygen atoms in total. The molecule has 1 aromatic carbocycles. The van der Waals surface area contributed by atoms with Crippen molar-refractivity contribution in [3.8, 4) is 17.1 Å². The first-order valence-electron chi connectivity index (χ1n) is 7.91. The van der Waals surface area contributed by atoms with Crippen LogP contribution in [0.15, 0.2) is 53.3 Å². The summed E-state index contributed by atoms with van der Waals surface area (Å²) in [4.78, 5) is 31.1. The number of carbonyl (C=O) groups excluding carboxylic acids is 2. The second kappa shape index (κ2) is 8.02. The van der Waals surface area contributed by atoms with Gasteiger partial charge in [0.15, 0.2) is 0 Å². The van der Waals surface area contributed by atoms with E-state index in [1.807, 2.05) is 0 Å². The molecule has 8 heteroatoms. The number of nitrogens with zero attached hydrogens (tertiary/aromatic N) is 3. The second-order valence-electron chi connectivity index (χ2n) is 5.43. The monoisotopic (exact) mass is 352 g/mol. The largest absolute Gasteiger partial charge is 0.427 e. The quantitative estimate of drug-likeness (QED) is 0.537. The van der Waals surface area contributed by atoms with Crippen LogP contribution >= 0.6 is 0 Å². The molecule has 0 spiro atoms. The minimum absolute atomic E-state index is 0.103. The van der Waals surface area contributed by atoms with Gasteiger partial charge in [0.1, 0.15) is 5.75 Å². The van der Waals surface area contributed by atoms with Gasteiger partial charge in [0.2, 0.25) is 17.6 Å². The SMILES string of the molecule is CC(=O)Nc1ccc(OC(=O)CCc2nc(-c3ccncc3)no2)cc1. The van der Waals surface area contributed by atoms with Crippen molar-refractivity contribution in [1.82, 2.24) is 15.1 Å². The number of ether oxygens (including phenoxy) is 1. The number of esters is 1. The molecule has 0 atom stereocenters. The summed E-state index contributed by atoms with van der Waals surface area (Å²) >= 11 is 0. The van der Waals surface area contributed by atoms with Crippen molar-refractivity contribution in [2.75, 3.05) is 5.32 Å². The Kier molecular flexibility index (Phi) is 5.33. The van der Waals surface area contributed by atoms with Crippen LogP contribution in [0.25, 0.3) is 11.4 Å². The Morgan fingerprint density at radius 1 is 1.12 bits per heavy atom. The van der Waals surface area contributed by atoms with Gasteiger partial charge in [-0.15, -0.1) is 0 Å². The highest BCUT2D eigenvalue weighted by molar-refractivity contribution is 5.88. The number of rotatable bonds is 6. The molecule has 0 unspecified atom stereocenters. The van der Waals surface area contributed by atoms with Gasteiger partial charge in [0.25, 0.3) is 0 Å². The summed E-state index contributed by atoms with van der Waals surface area (Å²) in [6.45, 7) is 1.42. The molecule has 0 bridgehead atoms. The highest BCUT2D eigenvalue weighted by Crippen LogP contribution is 2.17. The lowest BCUT2D eigenvalue weighted by Gasteiger charge is -2.05. The maximum absolute atomic E-state index is 11.9. The fourth-order valence-corrected chi connectivity index (χ4v) is 2.18. The first-order chi connectivity index (χ1) is 12.6. The van der Waals surface area contributed by atoms with Crippen molar-refractivity contribution < 1.29 is 18.8 Å². The molecule has 2 heterocycles. The fourth-order valence-electron chi connectivity index (χ4n) is 2.18. The average Bonchev–Trinajstić information content (AvgIpc) is 3.11. The van der Waals surface area contributed by atoms with Crippen LogP contribution in [-0.2, 0) is 16.0 Å². The zero-order valence-corrected chi connectivity index (χ0v) is 14.0. The highest BCUT2D eigenvalue weighted by atomic mass is 16.5. The van der Waals surface area contributed by atoms with Crippen LogP contribution in [0.2, 0.25) is 0 Å². The van der Waals surface area contributed by atoms with Crippen LogP contribution in [0.4, 0.5) is 5.69 Å². The number of aryl methyl sites for hydroxylation is 1. The zero-order chi connectivity index (χ0) is 18.4. The van der Waals surface area contributed by atoms with E-state index in [1.54, 1.807) is 48.8 Å². The van der Waals surface area contributed by atoms with E-state index in [0.717, 1.165) is 5.56 Å². The molecule has 1 N–H and O–H groups in total. The molecule has 132 valence electrons. The van der Waals surface area contributed by atoms with Gasteiger partial charge < -0.3 is 14.6 Å². The fraction of sp³-hybridized carbons (Fsp3) is 0.167. The minimum atomic E-state index is -0.416. The third kappa shape index (κ3) is 4.73. The number of benzene rings is 1. The van der Waals surface area contributed by atoms with Gasteiger partial charge in [-0.25, -0.2) is 0 Å². The highest BCUT2D eigenvalue weighted by Gasteiger charge is 2.12. The van der Waals surface area contributed by atoms with E-state index in [9.17, 15) is 9.59 Å². The number of nitrogens with one attached hydrogen (secondary N) is 1. The molecule has 0 aliphatic rings. The molecular weight excluding hydrogens is 336 g/mol. The number of carbonyl (C=O) groups is 2. The molecule has 0 fully saturated rings. The van der Waals surface area contributed by atoms with Crippen molar-refractivity contribution in [1.29, 1.82) is 0 Å². The van der Waals surface area contributed by atoms with Gasteiger partial charge in [-0.05, 0) is 36.4 Å². The topological polar surface area (TPSA) is 107 Å². The van der Waals surface area contributed by atoms with Gasteiger partial charge in [-0.3, -0.25) is 14.6 Å². The number of anilines is 1. The van der Waals surface area contributed by atoms with E-state index in [4.69, 9.17) is 9.26 Å². The Bertz CT molecular complexity index is 891. The number of hydrogen-bond donors (Lipinski definition) is 1. The van der Waals surface area contributed by atoms with Crippen molar-refractivity contribution >= 4 is 17.6 Å². The molecule has 0 radical (unpaired) electrons. The summed E-state index contributed by atoms with van der Waals surface area (Å²) in [5.41, 5.74) is 1.42. The lowest BCUT2D eigenvalue weighted by Crippen LogP contribution is -2.09. The predicted molar refractivity (Wildman–Crippen MR) is 92.2 cm³/mol. The molecule has 0 saturated heterocycles. The van der Waals surface area contributed by atoms with Gasteiger partial charge in [0.05, 0.1) is 6.42 Å². The smallest absolute Gasteiger partial charge is 0.311 e. The first-order valence-corrected chi connectivity index (χ1v) is 7.91. The maximum atomic E-state index is 11.9. The van der Waals surface area contributed by atoms with Crippen LogP contribution < -0.4 is 10.1 Å². The van der Waals surface area contributed by atoms with E-state index in [2.05, 4.69) is 20.4 Å². The summed E-state index contributed by atoms with van der Waals surface area (Å²) in [6, 6.07) is 10.1. The second-order valence-corrected chi connectivity index (χ2v) is 5.43. The van der Waals surface area contributed by atoms with Crippen molar-refractivity contribution in [2.45, 2.75) is 19.8 Å². The van der Waals surface area contributed by atoms with Gasteiger partial charge >= 0.3 is 5.97 Å². The van der Waals surface area contributed by atoms with E-state index in [0.29, 0.717) is 23.2 Å². The Hall–Kier alpha value is -3.55. The summed E-state index contributed by atoms with van der Waals surface area (Å²) < 4.78 is 10.4. The van der Waals surface area contributed by atoms with Gasteiger partial charge in [-0.1, -0.05) is 5.16 Å². The average molecular weight is 352 g/mol. The standard InChI is InChI=1S/C18H16N4O4/c1-12(23)20-14-2-4-15(5-3-14)25-17(24)7-6-16-21-18(22-26-16)13-8-10-19-11-9-13/h2-5,8-11H,6-7H2,1H3,(H,20,23). The number of aromatic nitrogens is 3. The van der Waals surface area contributed by atoms with E-state index < -0.39 is 5.97 Å². The van der Waals surface area contributed by atoms with E-state index in [1.165, 1.54) is 6.92 Å². The third-order valence-corrected chi connectivity index (χ3v) is 3.36. The lowest BCUT2D eigenvalue weighted by molar-refractivity contribution is -0.134. The molecule has 26 heavy (non-hydrogen) atoms. The van der Waals surface area contributed by atoms with Crippen LogP contribution in [0.1, 0.15) is 19.2 Å². The van der Waals surface area contributed by atoms with Crippen LogP contribution in [0.5, 0.6) is 5.75 Å². The normalized spacial score (nSPS) is 10.3. The number of hydrogen-bond acceptors (Lipinski definition) is 7. The molecule has 0 aliphatic heterocycles. The van der Waals surface area contributed by atoms with Crippen LogP contribution in [0.3, 0.4) is 0 Å². The summed E-state index contributed by atoms with van der Waals surface area (Å²) in [5, 5.41) is 6.52. The zero-order valence-electron chi connectivity index (χ0n) is 14.0. The van der Waals surface area contributed by atoms with Gasteiger partial charge in [0, 0.05) is 37.0 Å². The third-order valence-electron chi connectivity index (χ3n) is 3.36. The number of pyridine rings is 1. The maximum Gasteiger partial charge on any atom is 0.311 e. The van der Waals surface area contributed by atoms with Crippen molar-refractivity contribution in [3.05, 3.63) is 54.7 Å². The van der Waals surface area contributed by atoms with E-state index in [-0.39, 0.29) is 18.7 Å². The molecule has 2 aromatic heterocycles. The van der Waals surface area contributed by atoms with Crippen molar-refractivity contribution in [3.63, 3.8) is 0 Å². The lowest BCUT2D eigenvalue weighted by atomic mass is 10.2.